The van der Waals surface area contributed by atoms with Gasteiger partial charge in [0.25, 0.3) is 0 Å². The molecule has 1 heterocycles. The number of aliphatic hydroxyl groups excluding tert-OH is 1. The topological polar surface area (TPSA) is 74.6 Å². The molecule has 1 fully saturated rings. The van der Waals surface area contributed by atoms with Gasteiger partial charge in [-0.2, -0.15) is 0 Å². The van der Waals surface area contributed by atoms with Gasteiger partial charge in [0, 0.05) is 34.4 Å². The van der Waals surface area contributed by atoms with E-state index in [0.29, 0.717) is 18.1 Å². The maximum absolute atomic E-state index is 12.4. The van der Waals surface area contributed by atoms with Gasteiger partial charge in [0.05, 0.1) is 6.10 Å². The number of carbonyl (C=O) groups excluding carboxylic acids is 1. The molecule has 152 valence electrons. The van der Waals surface area contributed by atoms with Crippen LogP contribution in [0.4, 0.5) is 0 Å². The molecule has 4 nitrogen and oxygen atoms in total. The molecule has 5 heteroatoms. The van der Waals surface area contributed by atoms with Crippen LogP contribution >= 0.6 is 11.3 Å². The Kier molecular flexibility index (Phi) is 9.49. The normalized spacial score (nSPS) is 20.9. The predicted octanol–water partition coefficient (Wildman–Crippen LogP) is 5.85. The van der Waals surface area contributed by atoms with Crippen molar-refractivity contribution in [2.75, 3.05) is 0 Å². The molecule has 1 aliphatic carbocycles. The lowest BCUT2D eigenvalue weighted by Crippen LogP contribution is -2.12. The number of rotatable bonds is 13. The third-order valence-electron chi connectivity index (χ3n) is 5.68. The highest BCUT2D eigenvalue weighted by Crippen LogP contribution is 2.43. The number of carboxylic acids is 1. The van der Waals surface area contributed by atoms with Crippen LogP contribution in [0.15, 0.2) is 12.1 Å². The maximum atomic E-state index is 12.4. The van der Waals surface area contributed by atoms with Crippen molar-refractivity contribution >= 4 is 23.1 Å². The molecule has 2 rings (SSSR count). The molecule has 1 unspecified atom stereocenters. The second-order valence-corrected chi connectivity index (χ2v) is 8.96. The number of aliphatic carboxylic acids is 1. The van der Waals surface area contributed by atoms with Gasteiger partial charge in [0.15, 0.2) is 0 Å². The van der Waals surface area contributed by atoms with Gasteiger partial charge in [0.1, 0.15) is 5.78 Å². The molecule has 0 spiro atoms. The average molecular weight is 395 g/mol. The minimum Gasteiger partial charge on any atom is -0.481 e. The van der Waals surface area contributed by atoms with E-state index in [0.717, 1.165) is 69.1 Å². The van der Waals surface area contributed by atoms with Gasteiger partial charge >= 0.3 is 5.97 Å². The zero-order chi connectivity index (χ0) is 19.6. The van der Waals surface area contributed by atoms with Crippen molar-refractivity contribution in [3.63, 3.8) is 0 Å². The van der Waals surface area contributed by atoms with E-state index in [1.807, 2.05) is 6.07 Å². The van der Waals surface area contributed by atoms with Crippen molar-refractivity contribution in [1.29, 1.82) is 0 Å². The van der Waals surface area contributed by atoms with Gasteiger partial charge in [-0.25, -0.2) is 0 Å². The molecule has 0 radical (unpaired) electrons. The average Bonchev–Trinajstić information content (AvgIpc) is 3.25. The van der Waals surface area contributed by atoms with Crippen molar-refractivity contribution < 1.29 is 19.8 Å². The zero-order valence-electron chi connectivity index (χ0n) is 16.5. The Morgan fingerprint density at radius 2 is 1.96 bits per heavy atom. The summed E-state index contributed by atoms with van der Waals surface area (Å²) in [5, 5.41) is 19.1. The van der Waals surface area contributed by atoms with Crippen LogP contribution in [0.25, 0.3) is 0 Å². The fraction of sp³-hybridized carbons (Fsp3) is 0.727. The highest BCUT2D eigenvalue weighted by Gasteiger charge is 2.36. The van der Waals surface area contributed by atoms with Crippen LogP contribution in [0.5, 0.6) is 0 Å². The molecular formula is C22H34O4S. The van der Waals surface area contributed by atoms with E-state index in [2.05, 4.69) is 13.0 Å². The summed E-state index contributed by atoms with van der Waals surface area (Å²) in [6, 6.07) is 4.16. The first kappa shape index (κ1) is 22.1. The van der Waals surface area contributed by atoms with Gasteiger partial charge in [-0.15, -0.1) is 11.3 Å². The van der Waals surface area contributed by atoms with Gasteiger partial charge in [-0.1, -0.05) is 45.4 Å². The summed E-state index contributed by atoms with van der Waals surface area (Å²) in [5.41, 5.74) is 0. The Labute approximate surface area is 167 Å². The number of ketones is 1. The standard InChI is InChI=1S/C22H34O4S/c1-2-3-6-10-19(24)21-15-14-20(27-21)17-12-13-18(23)16(17)9-7-4-5-8-11-22(25)26/h14-17,19,24H,2-13H2,1H3,(H,25,26)/t16-,17+,19?/m1/s1. The summed E-state index contributed by atoms with van der Waals surface area (Å²) in [6.45, 7) is 2.17. The molecule has 27 heavy (non-hydrogen) atoms. The second-order valence-electron chi connectivity index (χ2n) is 7.82. The molecule has 3 atom stereocenters. The van der Waals surface area contributed by atoms with Gasteiger partial charge < -0.3 is 10.2 Å². The molecule has 0 saturated heterocycles. The third-order valence-corrected chi connectivity index (χ3v) is 7.00. The number of unbranched alkanes of at least 4 members (excludes halogenated alkanes) is 5. The number of hydrogen-bond acceptors (Lipinski definition) is 4. The molecule has 1 aliphatic rings. The highest BCUT2D eigenvalue weighted by molar-refractivity contribution is 7.12. The van der Waals surface area contributed by atoms with Crippen LogP contribution in [0.2, 0.25) is 0 Å². The monoisotopic (exact) mass is 394 g/mol. The van der Waals surface area contributed by atoms with Crippen molar-refractivity contribution in [2.45, 2.75) is 96.0 Å². The van der Waals surface area contributed by atoms with E-state index in [4.69, 9.17) is 5.11 Å². The fourth-order valence-corrected chi connectivity index (χ4v) is 5.31. The van der Waals surface area contributed by atoms with Crippen molar-refractivity contribution in [1.82, 2.24) is 0 Å². The molecule has 0 aliphatic heterocycles. The first-order valence-corrected chi connectivity index (χ1v) is 11.4. The second kappa shape index (κ2) is 11.6. The van der Waals surface area contributed by atoms with Crippen molar-refractivity contribution in [3.05, 3.63) is 21.9 Å². The predicted molar refractivity (Wildman–Crippen MR) is 109 cm³/mol. The lowest BCUT2D eigenvalue weighted by atomic mass is 9.89. The Balaban J connectivity index is 1.83. The SMILES string of the molecule is CCCCCC(O)c1ccc([C@H]2CCC(=O)[C@@H]2CCCCCCC(=O)O)s1. The minimum absolute atomic E-state index is 0.105. The number of carbonyl (C=O) groups is 2. The van der Waals surface area contributed by atoms with E-state index >= 15 is 0 Å². The number of hydrogen-bond donors (Lipinski definition) is 2. The van der Waals surface area contributed by atoms with E-state index < -0.39 is 5.97 Å². The number of aliphatic hydroxyl groups is 1. The Morgan fingerprint density at radius 3 is 2.70 bits per heavy atom. The van der Waals surface area contributed by atoms with Crippen LogP contribution in [-0.2, 0) is 9.59 Å². The van der Waals surface area contributed by atoms with Gasteiger partial charge in [-0.3, -0.25) is 9.59 Å². The summed E-state index contributed by atoms with van der Waals surface area (Å²) in [4.78, 5) is 25.2. The lowest BCUT2D eigenvalue weighted by Gasteiger charge is -2.17. The van der Waals surface area contributed by atoms with Gasteiger partial charge in [-0.05, 0) is 37.8 Å². The van der Waals surface area contributed by atoms with Crippen molar-refractivity contribution in [3.8, 4) is 0 Å². The summed E-state index contributed by atoms with van der Waals surface area (Å²) in [7, 11) is 0. The number of carboxylic acid groups (broad SMARTS) is 1. The smallest absolute Gasteiger partial charge is 0.303 e. The zero-order valence-corrected chi connectivity index (χ0v) is 17.3. The molecule has 2 N–H and O–H groups in total. The van der Waals surface area contributed by atoms with E-state index in [9.17, 15) is 14.7 Å². The highest BCUT2D eigenvalue weighted by atomic mass is 32.1. The number of Topliss-reactive ketones (excluding diaryl/α,β-unsaturated/α-hetero) is 1. The summed E-state index contributed by atoms with van der Waals surface area (Å²) >= 11 is 1.69. The van der Waals surface area contributed by atoms with Crippen molar-refractivity contribution in [2.24, 2.45) is 5.92 Å². The maximum Gasteiger partial charge on any atom is 0.303 e. The summed E-state index contributed by atoms with van der Waals surface area (Å²) < 4.78 is 0. The Morgan fingerprint density at radius 1 is 1.19 bits per heavy atom. The lowest BCUT2D eigenvalue weighted by molar-refractivity contribution is -0.137. The van der Waals surface area contributed by atoms with Crippen LogP contribution < -0.4 is 0 Å². The van der Waals surface area contributed by atoms with Crippen LogP contribution in [0.3, 0.4) is 0 Å². The Bertz CT molecular complexity index is 595. The quantitative estimate of drug-likeness (QED) is 0.412. The van der Waals surface area contributed by atoms with Gasteiger partial charge in [0.2, 0.25) is 0 Å². The molecule has 0 amide bonds. The van der Waals surface area contributed by atoms with E-state index in [1.165, 1.54) is 4.88 Å². The minimum atomic E-state index is -0.730. The van der Waals surface area contributed by atoms with E-state index in [1.54, 1.807) is 11.3 Å². The first-order chi connectivity index (χ1) is 13.0. The molecule has 1 aromatic rings. The molecule has 0 aromatic carbocycles. The summed E-state index contributed by atoms with van der Waals surface area (Å²) in [5.74, 6) is 0.0571. The Hall–Kier alpha value is -1.20. The molecule has 1 saturated carbocycles. The van der Waals surface area contributed by atoms with Crippen LogP contribution in [0.1, 0.15) is 106 Å². The van der Waals surface area contributed by atoms with E-state index in [-0.39, 0.29) is 18.4 Å². The first-order valence-electron chi connectivity index (χ1n) is 10.5. The molecule has 1 aromatic heterocycles. The summed E-state index contributed by atoms with van der Waals surface area (Å²) in [6.07, 6.45) is 10.2. The molecular weight excluding hydrogens is 360 g/mol. The largest absolute Gasteiger partial charge is 0.481 e. The third kappa shape index (κ3) is 7.04. The number of thiophene rings is 1. The fourth-order valence-electron chi connectivity index (χ4n) is 4.08. The molecule has 0 bridgehead atoms. The van der Waals surface area contributed by atoms with Crippen LogP contribution in [0, 0.1) is 5.92 Å². The van der Waals surface area contributed by atoms with Crippen LogP contribution in [-0.4, -0.2) is 22.0 Å².